The van der Waals surface area contributed by atoms with E-state index in [-0.39, 0.29) is 25.2 Å². The minimum atomic E-state index is -1.74. The van der Waals surface area contributed by atoms with Gasteiger partial charge in [0.25, 0.3) is 0 Å². The van der Waals surface area contributed by atoms with Gasteiger partial charge in [0, 0.05) is 36.6 Å². The fourth-order valence-corrected chi connectivity index (χ4v) is 5.43. The van der Waals surface area contributed by atoms with E-state index in [1.54, 1.807) is 13.8 Å². The van der Waals surface area contributed by atoms with Gasteiger partial charge in [0.1, 0.15) is 42.3 Å². The Labute approximate surface area is 348 Å². The van der Waals surface area contributed by atoms with Crippen LogP contribution < -0.4 is 43.0 Å². The second kappa shape index (κ2) is 24.5. The number of aromatic nitrogens is 4. The number of aromatic amines is 2. The third-order valence-corrected chi connectivity index (χ3v) is 8.72. The van der Waals surface area contributed by atoms with Crippen LogP contribution in [0.4, 0.5) is 0 Å². The fraction of sp³-hybridized carbons (Fsp3) is 0.571. The molecule has 0 saturated carbocycles. The summed E-state index contributed by atoms with van der Waals surface area (Å²) in [4.78, 5) is 129. The number of nitrogens with zero attached hydrogens (tertiary/aromatic N) is 2. The fourth-order valence-electron chi connectivity index (χ4n) is 5.43. The average Bonchev–Trinajstić information content (AvgIpc) is 3.91. The van der Waals surface area contributed by atoms with Crippen molar-refractivity contribution in [2.45, 2.75) is 108 Å². The summed E-state index contributed by atoms with van der Waals surface area (Å²) < 4.78 is 0. The van der Waals surface area contributed by atoms with Crippen LogP contribution in [0.5, 0.6) is 0 Å². The summed E-state index contributed by atoms with van der Waals surface area (Å²) in [5.74, 6) is -10.4. The van der Waals surface area contributed by atoms with E-state index in [2.05, 4.69) is 57.2 Å². The number of rotatable bonds is 26. The Kier molecular flexibility index (Phi) is 20.4. The third-order valence-electron chi connectivity index (χ3n) is 8.72. The highest BCUT2D eigenvalue weighted by atomic mass is 16.4. The van der Waals surface area contributed by atoms with Crippen LogP contribution in [-0.4, -0.2) is 166 Å². The molecule has 61 heavy (non-hydrogen) atoms. The highest BCUT2D eigenvalue weighted by molar-refractivity contribution is 5.98. The van der Waals surface area contributed by atoms with Crippen molar-refractivity contribution in [3.63, 3.8) is 0 Å². The highest BCUT2D eigenvalue weighted by Crippen LogP contribution is 2.10. The van der Waals surface area contributed by atoms with Crippen LogP contribution in [0.3, 0.4) is 0 Å². The molecule has 0 aliphatic rings. The predicted molar refractivity (Wildman–Crippen MR) is 207 cm³/mol. The number of aliphatic hydroxyl groups is 3. The highest BCUT2D eigenvalue weighted by Gasteiger charge is 2.35. The lowest BCUT2D eigenvalue weighted by Crippen LogP contribution is -2.61. The molecular weight excluding hydrogens is 812 g/mol. The molecule has 0 radical (unpaired) electrons. The number of amides is 7. The largest absolute Gasteiger partial charge is 0.481 e. The topological polar surface area (TPSA) is 422 Å². The molecule has 0 unspecified atom stereocenters. The van der Waals surface area contributed by atoms with Crippen LogP contribution in [0.1, 0.15) is 51.9 Å². The van der Waals surface area contributed by atoms with Gasteiger partial charge in [-0.15, -0.1) is 0 Å². The molecule has 7 amide bonds. The van der Waals surface area contributed by atoms with Gasteiger partial charge in [0.2, 0.25) is 41.4 Å². The van der Waals surface area contributed by atoms with Crippen LogP contribution in [0.2, 0.25) is 0 Å². The number of aliphatic carboxylic acids is 2. The Morgan fingerprint density at radius 1 is 0.607 bits per heavy atom. The molecule has 2 heterocycles. The van der Waals surface area contributed by atoms with E-state index in [0.29, 0.717) is 11.4 Å². The maximum atomic E-state index is 13.9. The van der Waals surface area contributed by atoms with Gasteiger partial charge in [-0.3, -0.25) is 38.4 Å². The molecule has 2 aromatic heterocycles. The van der Waals surface area contributed by atoms with Crippen molar-refractivity contribution in [3.8, 4) is 0 Å². The van der Waals surface area contributed by atoms with Gasteiger partial charge in [-0.2, -0.15) is 0 Å². The van der Waals surface area contributed by atoms with Crippen molar-refractivity contribution in [2.24, 2.45) is 11.7 Å². The summed E-state index contributed by atoms with van der Waals surface area (Å²) >= 11 is 0. The van der Waals surface area contributed by atoms with Gasteiger partial charge >= 0.3 is 11.9 Å². The molecule has 0 bridgehead atoms. The number of carbonyl (C=O) groups is 9. The molecule has 16 N–H and O–H groups in total. The lowest BCUT2D eigenvalue weighted by Gasteiger charge is -2.27. The van der Waals surface area contributed by atoms with Crippen molar-refractivity contribution in [3.05, 3.63) is 36.4 Å². The second-order valence-electron chi connectivity index (χ2n) is 14.4. The van der Waals surface area contributed by atoms with Crippen LogP contribution >= 0.6 is 0 Å². The molecular formula is C35H54N12O14. The van der Waals surface area contributed by atoms with Crippen molar-refractivity contribution in [2.75, 3.05) is 13.2 Å². The third kappa shape index (κ3) is 16.9. The van der Waals surface area contributed by atoms with E-state index < -0.39 is 127 Å². The minimum Gasteiger partial charge on any atom is -0.481 e. The zero-order valence-electron chi connectivity index (χ0n) is 33.7. The van der Waals surface area contributed by atoms with E-state index >= 15 is 0 Å². The zero-order chi connectivity index (χ0) is 46.0. The molecule has 338 valence electrons. The van der Waals surface area contributed by atoms with Crippen molar-refractivity contribution < 1.29 is 68.7 Å². The molecule has 0 aliphatic carbocycles. The van der Waals surface area contributed by atoms with Gasteiger partial charge in [-0.25, -0.2) is 14.8 Å². The molecule has 26 nitrogen and oxygen atoms in total. The number of hydrogen-bond donors (Lipinski definition) is 15. The Balaban J connectivity index is 2.28. The first kappa shape index (κ1) is 50.6. The van der Waals surface area contributed by atoms with E-state index in [9.17, 15) is 63.6 Å². The van der Waals surface area contributed by atoms with Gasteiger partial charge < -0.3 is 78.5 Å². The summed E-state index contributed by atoms with van der Waals surface area (Å²) in [7, 11) is 0. The Bertz CT molecular complexity index is 1810. The van der Waals surface area contributed by atoms with Crippen LogP contribution in [0.25, 0.3) is 0 Å². The molecule has 0 aliphatic heterocycles. The van der Waals surface area contributed by atoms with Crippen molar-refractivity contribution >= 4 is 53.3 Å². The Morgan fingerprint density at radius 2 is 1.05 bits per heavy atom. The lowest BCUT2D eigenvalue weighted by atomic mass is 10.0. The first-order chi connectivity index (χ1) is 28.7. The zero-order valence-corrected chi connectivity index (χ0v) is 33.7. The first-order valence-corrected chi connectivity index (χ1v) is 18.8. The van der Waals surface area contributed by atoms with E-state index in [0.717, 1.165) is 13.8 Å². The average molecular weight is 867 g/mol. The summed E-state index contributed by atoms with van der Waals surface area (Å²) in [6.07, 6.45) is 2.40. The van der Waals surface area contributed by atoms with Gasteiger partial charge in [-0.1, -0.05) is 13.8 Å². The predicted octanol–water partition coefficient (Wildman–Crippen LogP) is -6.37. The van der Waals surface area contributed by atoms with Crippen LogP contribution in [0.15, 0.2) is 25.0 Å². The molecule has 26 heteroatoms. The summed E-state index contributed by atoms with van der Waals surface area (Å²) in [5.41, 5.74) is 6.11. The summed E-state index contributed by atoms with van der Waals surface area (Å²) in [6, 6.07) is -12.5. The van der Waals surface area contributed by atoms with E-state index in [4.69, 9.17) is 10.8 Å². The smallest absolute Gasteiger partial charge is 0.328 e. The normalized spacial score (nSPS) is 15.6. The first-order valence-electron chi connectivity index (χ1n) is 18.8. The second-order valence-corrected chi connectivity index (χ2v) is 14.4. The van der Waals surface area contributed by atoms with E-state index in [1.807, 2.05) is 0 Å². The molecule has 0 spiro atoms. The number of nitrogens with one attached hydrogen (secondary N) is 9. The van der Waals surface area contributed by atoms with Crippen LogP contribution in [0, 0.1) is 5.92 Å². The standard InChI is InChI=1S/C35H54N12O14/c1-15(2)5-21(31(56)44-23(7-19-10-38-14-40-19)33(58)47-27(17(4)50)35(60)61)43-32(57)22(6-18-9-37-13-39-18)45-34(59)25(12-49)46-28(53)16(3)41-30(55)24(8-26(51)52)42-29(54)20(36)11-48/h9-10,13-17,20-25,27,48-50H,5-8,11-12,36H2,1-4H3,(H,37,39)(H,38,40)(H,41,55)(H,42,54)(H,43,57)(H,44,56)(H,45,59)(H,46,53)(H,47,58)(H,51,52)(H,60,61)/t16-,17+,20-,21-,22-,23-,24-,25-,27-/m0/s1. The van der Waals surface area contributed by atoms with Crippen molar-refractivity contribution in [1.29, 1.82) is 0 Å². The number of imidazole rings is 2. The van der Waals surface area contributed by atoms with Crippen LogP contribution in [-0.2, 0) is 56.0 Å². The molecule has 0 aromatic carbocycles. The molecule has 0 fully saturated rings. The minimum absolute atomic E-state index is 0.00368. The van der Waals surface area contributed by atoms with Gasteiger partial charge in [0.05, 0.1) is 38.4 Å². The maximum absolute atomic E-state index is 13.9. The Morgan fingerprint density at radius 3 is 1.48 bits per heavy atom. The SMILES string of the molecule is CC(C)C[C@H](NC(=O)[C@H](Cc1cnc[nH]1)NC(=O)[C@H](CO)NC(=O)[C@H](C)NC(=O)[C@H](CC(=O)O)NC(=O)[C@@H](N)CO)C(=O)N[C@@H](Cc1cnc[nH]1)C(=O)N[C@H](C(=O)O)[C@@H](C)O. The number of carboxylic acid groups (broad SMARTS) is 2. The monoisotopic (exact) mass is 866 g/mol. The van der Waals surface area contributed by atoms with Gasteiger partial charge in [0.15, 0.2) is 6.04 Å². The number of nitrogens with two attached hydrogens (primary N) is 1. The number of aliphatic hydroxyl groups excluding tert-OH is 3. The number of H-pyrrole nitrogens is 2. The quantitative estimate of drug-likeness (QED) is 0.0418. The van der Waals surface area contributed by atoms with E-state index in [1.165, 1.54) is 25.0 Å². The van der Waals surface area contributed by atoms with Crippen molar-refractivity contribution in [1.82, 2.24) is 57.2 Å². The number of carboxylic acids is 2. The molecule has 2 rings (SSSR count). The number of carbonyl (C=O) groups excluding carboxylic acids is 7. The Hall–Kier alpha value is -6.51. The number of hydrogen-bond acceptors (Lipinski definition) is 15. The molecule has 0 saturated heterocycles. The molecule has 2 aromatic rings. The summed E-state index contributed by atoms with van der Waals surface area (Å²) in [6.45, 7) is 3.93. The summed E-state index contributed by atoms with van der Waals surface area (Å²) in [5, 5.41) is 63.9. The maximum Gasteiger partial charge on any atom is 0.328 e. The lowest BCUT2D eigenvalue weighted by molar-refractivity contribution is -0.145. The molecule has 9 atom stereocenters. The van der Waals surface area contributed by atoms with Gasteiger partial charge in [-0.05, 0) is 26.2 Å².